The Bertz CT molecular complexity index is 964. The molecule has 8 heteroatoms. The van der Waals surface area contributed by atoms with Crippen molar-refractivity contribution in [1.29, 1.82) is 0 Å². The molecule has 0 aliphatic heterocycles. The number of halogens is 3. The van der Waals surface area contributed by atoms with Gasteiger partial charge in [0.15, 0.2) is 22.8 Å². The number of carbonyl (C=O) groups is 3. The van der Waals surface area contributed by atoms with Crippen LogP contribution >= 0.6 is 23.2 Å². The largest absolute Gasteiger partial charge is 0.450 e. The van der Waals surface area contributed by atoms with Crippen LogP contribution in [0.5, 0.6) is 0 Å². The molecule has 4 aliphatic rings. The lowest BCUT2D eigenvalue weighted by Crippen LogP contribution is -2.71. The predicted molar refractivity (Wildman–Crippen MR) is 123 cm³/mol. The number of Topliss-reactive ketones (excluding diaryl/α,β-unsaturated/α-hetero) is 1. The number of hydrogen-bond donors (Lipinski definition) is 1. The number of ketones is 2. The van der Waals surface area contributed by atoms with Gasteiger partial charge in [0, 0.05) is 29.1 Å². The molecule has 0 saturated heterocycles. The van der Waals surface area contributed by atoms with Gasteiger partial charge in [-0.1, -0.05) is 26.8 Å². The van der Waals surface area contributed by atoms with Crippen LogP contribution in [0.1, 0.15) is 53.4 Å². The molecule has 0 radical (unpaired) electrons. The summed E-state index contributed by atoms with van der Waals surface area (Å²) in [5.74, 6) is -3.05. The predicted octanol–water partition coefficient (Wildman–Crippen LogP) is 4.32. The van der Waals surface area contributed by atoms with Gasteiger partial charge in [0.2, 0.25) is 0 Å². The van der Waals surface area contributed by atoms with Crippen LogP contribution in [-0.4, -0.2) is 51.3 Å². The van der Waals surface area contributed by atoms with E-state index in [0.717, 1.165) is 0 Å². The lowest BCUT2D eigenvalue weighted by atomic mass is 9.44. The number of ether oxygens (including phenoxy) is 1. The zero-order valence-electron chi connectivity index (χ0n) is 19.4. The number of aliphatic hydroxyl groups excluding tert-OH is 1. The van der Waals surface area contributed by atoms with Crippen LogP contribution in [0.3, 0.4) is 0 Å². The molecule has 182 valence electrons. The van der Waals surface area contributed by atoms with Gasteiger partial charge in [0.05, 0.1) is 17.4 Å². The number of fused-ring (bicyclic) bond motifs is 5. The van der Waals surface area contributed by atoms with Crippen LogP contribution in [0.2, 0.25) is 0 Å². The van der Waals surface area contributed by atoms with E-state index in [1.807, 2.05) is 13.8 Å². The smallest absolute Gasteiger partial charge is 0.306 e. The summed E-state index contributed by atoms with van der Waals surface area (Å²) in [4.78, 5) is 37.9. The fraction of sp³-hybridized carbons (Fsp3) is 0.720. The van der Waals surface area contributed by atoms with E-state index >= 15 is 4.39 Å². The summed E-state index contributed by atoms with van der Waals surface area (Å²) in [5, 5.41) is 10.8. The lowest BCUT2D eigenvalue weighted by Gasteiger charge is -2.63. The normalized spacial score (nSPS) is 48.4. The van der Waals surface area contributed by atoms with Crippen molar-refractivity contribution in [3.63, 3.8) is 0 Å². The molecule has 0 amide bonds. The molecule has 0 aromatic carbocycles. The molecular formula is C25H31Cl2FO5. The Morgan fingerprint density at radius 3 is 2.55 bits per heavy atom. The molecule has 0 spiro atoms. The summed E-state index contributed by atoms with van der Waals surface area (Å²) in [5.41, 5.74) is -5.45. The Morgan fingerprint density at radius 2 is 1.94 bits per heavy atom. The van der Waals surface area contributed by atoms with Gasteiger partial charge in [-0.15, -0.1) is 23.2 Å². The fourth-order valence-electron chi connectivity index (χ4n) is 7.74. The minimum atomic E-state index is -2.10. The average Bonchev–Trinajstić information content (AvgIpc) is 2.98. The average molecular weight is 501 g/mol. The number of esters is 1. The first-order valence-corrected chi connectivity index (χ1v) is 12.6. The van der Waals surface area contributed by atoms with Crippen LogP contribution in [0.15, 0.2) is 23.8 Å². The van der Waals surface area contributed by atoms with Crippen molar-refractivity contribution in [2.45, 2.75) is 76.1 Å². The first-order valence-electron chi connectivity index (χ1n) is 11.6. The van der Waals surface area contributed by atoms with E-state index in [9.17, 15) is 19.5 Å². The van der Waals surface area contributed by atoms with Gasteiger partial charge >= 0.3 is 5.97 Å². The van der Waals surface area contributed by atoms with E-state index in [1.165, 1.54) is 18.2 Å². The van der Waals surface area contributed by atoms with Gasteiger partial charge in [-0.25, -0.2) is 4.39 Å². The summed E-state index contributed by atoms with van der Waals surface area (Å²) in [6, 6.07) is 0. The highest BCUT2D eigenvalue weighted by molar-refractivity contribution is 6.29. The summed E-state index contributed by atoms with van der Waals surface area (Å²) >= 11 is 12.7. The minimum Gasteiger partial charge on any atom is -0.450 e. The van der Waals surface area contributed by atoms with Crippen molar-refractivity contribution in [2.75, 3.05) is 5.88 Å². The topological polar surface area (TPSA) is 80.7 Å². The van der Waals surface area contributed by atoms with Crippen molar-refractivity contribution in [1.82, 2.24) is 0 Å². The standard InChI is InChI=1S/C25H31Cl2FO5/c1-5-21(32)33-25(20(31)12-26)13(2)8-15-16-10-18(27)17-9-14(29)6-7-22(17,3)24(16,28)19(30)11-23(15,25)4/h6-7,9,13,15-16,18-19,30H,5,8,10-12H2,1-4H3. The molecule has 33 heavy (non-hydrogen) atoms. The van der Waals surface area contributed by atoms with Crippen LogP contribution in [-0.2, 0) is 19.1 Å². The van der Waals surface area contributed by atoms with Gasteiger partial charge in [-0.2, -0.15) is 0 Å². The van der Waals surface area contributed by atoms with Crippen molar-refractivity contribution in [3.05, 3.63) is 23.8 Å². The summed E-state index contributed by atoms with van der Waals surface area (Å²) in [6.07, 6.45) is 3.43. The van der Waals surface area contributed by atoms with Crippen molar-refractivity contribution < 1.29 is 28.6 Å². The molecule has 4 aliphatic carbocycles. The van der Waals surface area contributed by atoms with Crippen molar-refractivity contribution in [3.8, 4) is 0 Å². The minimum absolute atomic E-state index is 0.0771. The molecule has 0 bridgehead atoms. The number of carbonyl (C=O) groups excluding carboxylic acids is 3. The van der Waals surface area contributed by atoms with Gasteiger partial charge < -0.3 is 9.84 Å². The summed E-state index contributed by atoms with van der Waals surface area (Å²) in [7, 11) is 0. The monoisotopic (exact) mass is 500 g/mol. The van der Waals surface area contributed by atoms with E-state index in [-0.39, 0.29) is 36.8 Å². The van der Waals surface area contributed by atoms with Gasteiger partial charge in [-0.05, 0) is 49.8 Å². The van der Waals surface area contributed by atoms with Crippen LogP contribution in [0, 0.1) is 28.6 Å². The summed E-state index contributed by atoms with van der Waals surface area (Å²) in [6.45, 7) is 6.97. The maximum absolute atomic E-state index is 17.3. The Kier molecular flexibility index (Phi) is 5.95. The summed E-state index contributed by atoms with van der Waals surface area (Å²) < 4.78 is 23.2. The fourth-order valence-corrected chi connectivity index (χ4v) is 8.42. The van der Waals surface area contributed by atoms with Crippen LogP contribution in [0.25, 0.3) is 0 Å². The highest BCUT2D eigenvalue weighted by atomic mass is 35.5. The first-order chi connectivity index (χ1) is 15.3. The quantitative estimate of drug-likeness (QED) is 0.459. The maximum atomic E-state index is 17.3. The number of hydrogen-bond acceptors (Lipinski definition) is 5. The van der Waals surface area contributed by atoms with E-state index in [1.54, 1.807) is 13.8 Å². The second-order valence-electron chi connectivity index (χ2n) is 10.6. The third kappa shape index (κ3) is 2.96. The Labute approximate surface area is 203 Å². The highest BCUT2D eigenvalue weighted by Gasteiger charge is 2.77. The van der Waals surface area contributed by atoms with Crippen LogP contribution in [0.4, 0.5) is 4.39 Å². The molecule has 5 nitrogen and oxygen atoms in total. The Balaban J connectivity index is 1.88. The number of allylic oxidation sites excluding steroid dienone is 4. The molecule has 3 saturated carbocycles. The van der Waals surface area contributed by atoms with Gasteiger partial charge in [0.1, 0.15) is 0 Å². The van der Waals surface area contributed by atoms with E-state index in [4.69, 9.17) is 27.9 Å². The second-order valence-corrected chi connectivity index (χ2v) is 11.4. The molecule has 0 aromatic heterocycles. The zero-order valence-corrected chi connectivity index (χ0v) is 20.9. The Hall–Kier alpha value is -1.24. The zero-order chi connectivity index (χ0) is 24.6. The van der Waals surface area contributed by atoms with E-state index in [0.29, 0.717) is 12.0 Å². The van der Waals surface area contributed by atoms with E-state index in [2.05, 4.69) is 0 Å². The third-order valence-corrected chi connectivity index (χ3v) is 9.92. The number of rotatable bonds is 4. The molecular weight excluding hydrogens is 470 g/mol. The third-order valence-electron chi connectivity index (χ3n) is 9.27. The number of alkyl halides is 3. The first kappa shape index (κ1) is 24.9. The second kappa shape index (κ2) is 7.89. The maximum Gasteiger partial charge on any atom is 0.306 e. The lowest BCUT2D eigenvalue weighted by molar-refractivity contribution is -0.226. The van der Waals surface area contributed by atoms with Gasteiger partial charge in [-0.3, -0.25) is 14.4 Å². The number of aliphatic hydroxyl groups is 1. The molecule has 9 atom stereocenters. The molecule has 3 fully saturated rings. The Morgan fingerprint density at radius 1 is 1.27 bits per heavy atom. The SMILES string of the molecule is CCC(=O)OC1(C(=O)CCl)C(C)CC2C3CC(Cl)C4=CC(=O)C=CC4(C)C3(F)C(O)CC21C. The molecule has 4 rings (SSSR count). The molecule has 0 heterocycles. The van der Waals surface area contributed by atoms with Gasteiger partial charge in [0.25, 0.3) is 0 Å². The van der Waals surface area contributed by atoms with Crippen molar-refractivity contribution >= 4 is 40.7 Å². The van der Waals surface area contributed by atoms with Crippen LogP contribution < -0.4 is 0 Å². The molecule has 1 N–H and O–H groups in total. The molecule has 9 unspecified atom stereocenters. The molecule has 0 aromatic rings. The highest BCUT2D eigenvalue weighted by Crippen LogP contribution is 2.71. The van der Waals surface area contributed by atoms with E-state index < -0.39 is 57.2 Å². The van der Waals surface area contributed by atoms with Crippen molar-refractivity contribution in [2.24, 2.45) is 28.6 Å².